The molecule has 2 unspecified atom stereocenters. The number of carbonyl (C=O) groups is 1. The van der Waals surface area contributed by atoms with E-state index in [4.69, 9.17) is 16.7 Å². The van der Waals surface area contributed by atoms with Gasteiger partial charge in [0.25, 0.3) is 0 Å². The van der Waals surface area contributed by atoms with E-state index in [0.29, 0.717) is 12.8 Å². The van der Waals surface area contributed by atoms with Crippen LogP contribution in [0.2, 0.25) is 0 Å². The van der Waals surface area contributed by atoms with E-state index in [1.54, 1.807) is 0 Å². The Morgan fingerprint density at radius 2 is 2.00 bits per heavy atom. The molecule has 0 aromatic heterocycles. The van der Waals surface area contributed by atoms with Crippen molar-refractivity contribution in [1.29, 1.82) is 0 Å². The SMILES string of the molecule is O=C(O)C(Br)CCC(Cl)Br. The van der Waals surface area contributed by atoms with E-state index in [2.05, 4.69) is 31.9 Å². The van der Waals surface area contributed by atoms with Gasteiger partial charge in [0, 0.05) is 0 Å². The Balaban J connectivity index is 3.40. The molecule has 1 N–H and O–H groups in total. The third-order valence-corrected chi connectivity index (χ3v) is 2.43. The van der Waals surface area contributed by atoms with Crippen LogP contribution in [0.1, 0.15) is 12.8 Å². The molecule has 0 aromatic carbocycles. The van der Waals surface area contributed by atoms with E-state index in [1.807, 2.05) is 0 Å². The van der Waals surface area contributed by atoms with Crippen LogP contribution >= 0.6 is 43.5 Å². The van der Waals surface area contributed by atoms with Crippen molar-refractivity contribution in [1.82, 2.24) is 0 Å². The second kappa shape index (κ2) is 5.38. The Labute approximate surface area is 81.2 Å². The lowest BCUT2D eigenvalue weighted by atomic mass is 10.2. The van der Waals surface area contributed by atoms with Crippen LogP contribution in [0.5, 0.6) is 0 Å². The lowest BCUT2D eigenvalue weighted by Gasteiger charge is -2.03. The summed E-state index contributed by atoms with van der Waals surface area (Å²) in [6, 6.07) is 0. The topological polar surface area (TPSA) is 37.3 Å². The summed E-state index contributed by atoms with van der Waals surface area (Å²) in [6.45, 7) is 0. The molecule has 2 nitrogen and oxygen atoms in total. The average Bonchev–Trinajstić information content (AvgIpc) is 1.82. The van der Waals surface area contributed by atoms with Gasteiger partial charge in [0.2, 0.25) is 0 Å². The zero-order valence-electron chi connectivity index (χ0n) is 5.06. The van der Waals surface area contributed by atoms with Crippen molar-refractivity contribution in [3.8, 4) is 0 Å². The van der Waals surface area contributed by atoms with Crippen molar-refractivity contribution in [3.63, 3.8) is 0 Å². The number of hydrogen-bond acceptors (Lipinski definition) is 1. The molecule has 0 bridgehead atoms. The van der Waals surface area contributed by atoms with Crippen LogP contribution in [0.3, 0.4) is 0 Å². The first-order valence-corrected chi connectivity index (χ1v) is 4.96. The summed E-state index contributed by atoms with van der Waals surface area (Å²) < 4.78 is -0.133. The van der Waals surface area contributed by atoms with Gasteiger partial charge >= 0.3 is 5.97 Å². The summed E-state index contributed by atoms with van der Waals surface area (Å²) in [7, 11) is 0. The molecule has 2 atom stereocenters. The summed E-state index contributed by atoms with van der Waals surface area (Å²) in [6.07, 6.45) is 1.18. The van der Waals surface area contributed by atoms with Crippen LogP contribution < -0.4 is 0 Å². The fraction of sp³-hybridized carbons (Fsp3) is 0.800. The van der Waals surface area contributed by atoms with E-state index < -0.39 is 10.8 Å². The van der Waals surface area contributed by atoms with E-state index in [-0.39, 0.29) is 4.29 Å². The molecule has 0 heterocycles. The lowest BCUT2D eigenvalue weighted by molar-refractivity contribution is -0.136. The molecular formula is C5H7Br2ClO2. The second-order valence-electron chi connectivity index (χ2n) is 1.77. The van der Waals surface area contributed by atoms with Gasteiger partial charge in [0.15, 0.2) is 0 Å². The van der Waals surface area contributed by atoms with Crippen LogP contribution in [0.15, 0.2) is 0 Å². The molecule has 0 aliphatic rings. The summed E-state index contributed by atoms with van der Waals surface area (Å²) >= 11 is 11.6. The molecular weight excluding hydrogens is 287 g/mol. The molecule has 0 radical (unpaired) electrons. The zero-order chi connectivity index (χ0) is 8.15. The van der Waals surface area contributed by atoms with Crippen molar-refractivity contribution in [2.24, 2.45) is 0 Å². The fourth-order valence-corrected chi connectivity index (χ4v) is 1.05. The standard InChI is InChI=1S/C5H7Br2ClO2/c6-3(5(9)10)1-2-4(7)8/h3-4H,1-2H2,(H,9,10). The normalized spacial score (nSPS) is 16.3. The highest BCUT2D eigenvalue weighted by Gasteiger charge is 2.13. The number of carboxylic acid groups (broad SMARTS) is 1. The molecule has 60 valence electrons. The number of rotatable bonds is 4. The maximum absolute atomic E-state index is 10.2. The van der Waals surface area contributed by atoms with E-state index in [9.17, 15) is 4.79 Å². The van der Waals surface area contributed by atoms with E-state index >= 15 is 0 Å². The van der Waals surface area contributed by atoms with E-state index in [1.165, 1.54) is 0 Å². The van der Waals surface area contributed by atoms with Crippen molar-refractivity contribution in [3.05, 3.63) is 0 Å². The number of carboxylic acids is 1. The van der Waals surface area contributed by atoms with Gasteiger partial charge in [-0.2, -0.15) is 0 Å². The van der Waals surface area contributed by atoms with Gasteiger partial charge in [0.05, 0.1) is 4.29 Å². The number of hydrogen-bond donors (Lipinski definition) is 1. The smallest absolute Gasteiger partial charge is 0.317 e. The average molecular weight is 294 g/mol. The van der Waals surface area contributed by atoms with Crippen molar-refractivity contribution < 1.29 is 9.90 Å². The largest absolute Gasteiger partial charge is 0.480 e. The summed E-state index contributed by atoms with van der Waals surface area (Å²) in [5.74, 6) is -0.843. The molecule has 0 aliphatic carbocycles. The van der Waals surface area contributed by atoms with Crippen molar-refractivity contribution >= 4 is 49.4 Å². The van der Waals surface area contributed by atoms with Crippen LogP contribution in [0.4, 0.5) is 0 Å². The highest BCUT2D eigenvalue weighted by Crippen LogP contribution is 2.17. The third kappa shape index (κ3) is 5.50. The molecule has 0 saturated heterocycles. The molecule has 0 amide bonds. The summed E-state index contributed by atoms with van der Waals surface area (Å²) in [5, 5.41) is 8.39. The van der Waals surface area contributed by atoms with Gasteiger partial charge in [-0.3, -0.25) is 4.79 Å². The van der Waals surface area contributed by atoms with Gasteiger partial charge in [-0.1, -0.05) is 31.9 Å². The Morgan fingerprint density at radius 3 is 2.30 bits per heavy atom. The number of aliphatic carboxylic acids is 1. The Morgan fingerprint density at radius 1 is 1.50 bits per heavy atom. The number of alkyl halides is 3. The minimum absolute atomic E-state index is 0.133. The third-order valence-electron chi connectivity index (χ3n) is 0.906. The Bertz CT molecular complexity index is 118. The molecule has 0 fully saturated rings. The summed E-state index contributed by atoms with van der Waals surface area (Å²) in [5.41, 5.74) is 0. The van der Waals surface area contributed by atoms with E-state index in [0.717, 1.165) is 0 Å². The van der Waals surface area contributed by atoms with Gasteiger partial charge in [-0.25, -0.2) is 0 Å². The maximum Gasteiger partial charge on any atom is 0.317 e. The summed E-state index contributed by atoms with van der Waals surface area (Å²) in [4.78, 5) is 9.73. The van der Waals surface area contributed by atoms with Gasteiger partial charge in [-0.05, 0) is 12.8 Å². The van der Waals surface area contributed by atoms with Crippen molar-refractivity contribution in [2.75, 3.05) is 0 Å². The minimum atomic E-state index is -0.843. The molecule has 0 aliphatic heterocycles. The minimum Gasteiger partial charge on any atom is -0.480 e. The van der Waals surface area contributed by atoms with Crippen LogP contribution in [0.25, 0.3) is 0 Å². The Hall–Kier alpha value is 0.720. The first-order chi connectivity index (χ1) is 4.54. The van der Waals surface area contributed by atoms with Crippen LogP contribution in [-0.2, 0) is 4.79 Å². The molecule has 0 saturated carbocycles. The van der Waals surface area contributed by atoms with Gasteiger partial charge in [-0.15, -0.1) is 11.6 Å². The second-order valence-corrected chi connectivity index (χ2v) is 5.04. The molecule has 5 heteroatoms. The highest BCUT2D eigenvalue weighted by molar-refractivity contribution is 9.10. The molecule has 0 aromatic rings. The monoisotopic (exact) mass is 292 g/mol. The molecule has 10 heavy (non-hydrogen) atoms. The lowest BCUT2D eigenvalue weighted by Crippen LogP contribution is -2.12. The zero-order valence-corrected chi connectivity index (χ0v) is 8.99. The maximum atomic E-state index is 10.2. The highest BCUT2D eigenvalue weighted by atomic mass is 79.9. The fourth-order valence-electron chi connectivity index (χ4n) is 0.396. The quantitative estimate of drug-likeness (QED) is 0.809. The van der Waals surface area contributed by atoms with Gasteiger partial charge < -0.3 is 5.11 Å². The Kier molecular flexibility index (Phi) is 5.77. The van der Waals surface area contributed by atoms with Crippen LogP contribution in [-0.4, -0.2) is 20.2 Å². The molecule has 0 spiro atoms. The number of halogens is 3. The van der Waals surface area contributed by atoms with Gasteiger partial charge in [0.1, 0.15) is 4.83 Å². The first-order valence-electron chi connectivity index (χ1n) is 2.69. The molecule has 0 rings (SSSR count). The van der Waals surface area contributed by atoms with Crippen LogP contribution in [0, 0.1) is 0 Å². The van der Waals surface area contributed by atoms with Crippen molar-refractivity contribution in [2.45, 2.75) is 22.0 Å². The predicted molar refractivity (Wildman–Crippen MR) is 48.2 cm³/mol. The predicted octanol–water partition coefficient (Wildman–Crippen LogP) is 2.57. The first kappa shape index (κ1) is 10.7.